The first-order chi connectivity index (χ1) is 7.79. The standard InChI is InChI=1S/C12H10BrN3/c13-9-2-3-11-8(5-9)1-4-12-15-7-10(6-14)16(11)12/h1-5,7H,6,14H2. The summed E-state index contributed by atoms with van der Waals surface area (Å²) in [5.41, 5.74) is 8.82. The fourth-order valence-corrected chi connectivity index (χ4v) is 2.35. The highest BCUT2D eigenvalue weighted by Gasteiger charge is 2.05. The van der Waals surface area contributed by atoms with Gasteiger partial charge >= 0.3 is 0 Å². The Bertz CT molecular complexity index is 672. The summed E-state index contributed by atoms with van der Waals surface area (Å²) in [5.74, 6) is 0. The van der Waals surface area contributed by atoms with Crippen molar-refractivity contribution in [3.63, 3.8) is 0 Å². The zero-order valence-electron chi connectivity index (χ0n) is 8.52. The number of nitrogens with zero attached hydrogens (tertiary/aromatic N) is 2. The van der Waals surface area contributed by atoms with Gasteiger partial charge in [0.2, 0.25) is 0 Å². The average molecular weight is 276 g/mol. The first kappa shape index (κ1) is 9.81. The zero-order chi connectivity index (χ0) is 11.1. The van der Waals surface area contributed by atoms with Gasteiger partial charge in [-0.1, -0.05) is 15.9 Å². The van der Waals surface area contributed by atoms with Gasteiger partial charge in [0.15, 0.2) is 0 Å². The van der Waals surface area contributed by atoms with Gasteiger partial charge in [0.25, 0.3) is 0 Å². The van der Waals surface area contributed by atoms with Crippen LogP contribution in [0, 0.1) is 0 Å². The van der Waals surface area contributed by atoms with E-state index in [0.717, 1.165) is 21.3 Å². The Balaban J connectivity index is 2.51. The molecule has 0 spiro atoms. The van der Waals surface area contributed by atoms with Gasteiger partial charge in [-0.05, 0) is 35.7 Å². The van der Waals surface area contributed by atoms with Crippen LogP contribution in [0.2, 0.25) is 0 Å². The molecule has 2 aromatic heterocycles. The lowest BCUT2D eigenvalue weighted by atomic mass is 10.2. The molecule has 0 saturated heterocycles. The molecule has 3 rings (SSSR count). The number of hydrogen-bond acceptors (Lipinski definition) is 2. The first-order valence-electron chi connectivity index (χ1n) is 5.04. The molecule has 4 heteroatoms. The minimum Gasteiger partial charge on any atom is -0.325 e. The van der Waals surface area contributed by atoms with Gasteiger partial charge in [-0.3, -0.25) is 4.40 Å². The summed E-state index contributed by atoms with van der Waals surface area (Å²) in [4.78, 5) is 4.33. The SMILES string of the molecule is NCc1cnc2ccc3cc(Br)ccc3n12. The Kier molecular flexibility index (Phi) is 2.19. The van der Waals surface area contributed by atoms with Crippen molar-refractivity contribution in [3.8, 4) is 0 Å². The minimum atomic E-state index is 0.496. The molecule has 0 unspecified atom stereocenters. The van der Waals surface area contributed by atoms with Crippen LogP contribution in [0.1, 0.15) is 5.69 Å². The first-order valence-corrected chi connectivity index (χ1v) is 5.83. The number of pyridine rings is 1. The van der Waals surface area contributed by atoms with E-state index in [-0.39, 0.29) is 0 Å². The van der Waals surface area contributed by atoms with Crippen LogP contribution in [-0.2, 0) is 6.54 Å². The average Bonchev–Trinajstić information content (AvgIpc) is 2.71. The van der Waals surface area contributed by atoms with Crippen molar-refractivity contribution >= 4 is 32.5 Å². The summed E-state index contributed by atoms with van der Waals surface area (Å²) >= 11 is 3.47. The monoisotopic (exact) mass is 275 g/mol. The van der Waals surface area contributed by atoms with Crippen LogP contribution in [0.4, 0.5) is 0 Å². The normalized spacial score (nSPS) is 11.4. The summed E-state index contributed by atoms with van der Waals surface area (Å²) in [6.45, 7) is 0.496. The van der Waals surface area contributed by atoms with Crippen molar-refractivity contribution in [2.24, 2.45) is 5.73 Å². The molecule has 0 radical (unpaired) electrons. The van der Waals surface area contributed by atoms with Gasteiger partial charge in [-0.25, -0.2) is 4.98 Å². The predicted octanol–water partition coefficient (Wildman–Crippen LogP) is 2.71. The second-order valence-corrected chi connectivity index (χ2v) is 4.60. The highest BCUT2D eigenvalue weighted by Crippen LogP contribution is 2.22. The molecular weight excluding hydrogens is 266 g/mol. The molecule has 80 valence electrons. The molecule has 0 amide bonds. The van der Waals surface area contributed by atoms with Crippen LogP contribution in [0.25, 0.3) is 16.6 Å². The highest BCUT2D eigenvalue weighted by atomic mass is 79.9. The number of imidazole rings is 1. The van der Waals surface area contributed by atoms with E-state index in [9.17, 15) is 0 Å². The topological polar surface area (TPSA) is 43.3 Å². The number of fused-ring (bicyclic) bond motifs is 3. The van der Waals surface area contributed by atoms with Crippen molar-refractivity contribution < 1.29 is 0 Å². The van der Waals surface area contributed by atoms with Crippen molar-refractivity contribution in [3.05, 3.63) is 46.7 Å². The fourth-order valence-electron chi connectivity index (χ4n) is 1.97. The maximum absolute atomic E-state index is 5.71. The third-order valence-electron chi connectivity index (χ3n) is 2.71. The van der Waals surface area contributed by atoms with E-state index in [1.807, 2.05) is 18.3 Å². The second kappa shape index (κ2) is 3.57. The molecule has 3 nitrogen and oxygen atoms in total. The van der Waals surface area contributed by atoms with Crippen LogP contribution >= 0.6 is 15.9 Å². The summed E-state index contributed by atoms with van der Waals surface area (Å²) in [6, 6.07) is 10.3. The molecule has 0 atom stereocenters. The smallest absolute Gasteiger partial charge is 0.137 e. The largest absolute Gasteiger partial charge is 0.325 e. The lowest BCUT2D eigenvalue weighted by Gasteiger charge is -2.05. The van der Waals surface area contributed by atoms with Crippen molar-refractivity contribution in [1.82, 2.24) is 9.38 Å². The number of hydrogen-bond donors (Lipinski definition) is 1. The highest BCUT2D eigenvalue weighted by molar-refractivity contribution is 9.10. The van der Waals surface area contributed by atoms with E-state index in [2.05, 4.69) is 43.5 Å². The van der Waals surface area contributed by atoms with Crippen LogP contribution in [0.3, 0.4) is 0 Å². The van der Waals surface area contributed by atoms with E-state index in [1.54, 1.807) is 0 Å². The summed E-state index contributed by atoms with van der Waals surface area (Å²) in [5, 5.41) is 1.18. The molecular formula is C12H10BrN3. The van der Waals surface area contributed by atoms with E-state index in [0.29, 0.717) is 6.54 Å². The minimum absolute atomic E-state index is 0.496. The second-order valence-electron chi connectivity index (χ2n) is 3.68. The predicted molar refractivity (Wildman–Crippen MR) is 68.3 cm³/mol. The third-order valence-corrected chi connectivity index (χ3v) is 3.21. The third kappa shape index (κ3) is 1.34. The van der Waals surface area contributed by atoms with Crippen LogP contribution < -0.4 is 5.73 Å². The zero-order valence-corrected chi connectivity index (χ0v) is 10.1. The van der Waals surface area contributed by atoms with E-state index in [4.69, 9.17) is 5.73 Å². The number of nitrogens with two attached hydrogens (primary N) is 1. The molecule has 16 heavy (non-hydrogen) atoms. The van der Waals surface area contributed by atoms with Gasteiger partial charge < -0.3 is 5.73 Å². The van der Waals surface area contributed by atoms with Gasteiger partial charge in [-0.15, -0.1) is 0 Å². The molecule has 0 saturated carbocycles. The Morgan fingerprint density at radius 3 is 2.94 bits per heavy atom. The Labute approximate surface area is 101 Å². The Morgan fingerprint density at radius 1 is 1.25 bits per heavy atom. The molecule has 0 aliphatic rings. The Hall–Kier alpha value is -1.39. The molecule has 2 heterocycles. The van der Waals surface area contributed by atoms with Crippen molar-refractivity contribution in [2.75, 3.05) is 0 Å². The van der Waals surface area contributed by atoms with E-state index < -0.39 is 0 Å². The van der Waals surface area contributed by atoms with E-state index >= 15 is 0 Å². The molecule has 0 aliphatic carbocycles. The molecule has 2 N–H and O–H groups in total. The summed E-state index contributed by atoms with van der Waals surface area (Å²) in [6.07, 6.45) is 1.83. The number of rotatable bonds is 1. The lowest BCUT2D eigenvalue weighted by molar-refractivity contribution is 0.979. The van der Waals surface area contributed by atoms with Gasteiger partial charge in [0, 0.05) is 11.0 Å². The quantitative estimate of drug-likeness (QED) is 0.742. The molecule has 0 fully saturated rings. The van der Waals surface area contributed by atoms with Gasteiger partial charge in [0.05, 0.1) is 17.4 Å². The number of aromatic nitrogens is 2. The molecule has 0 bridgehead atoms. The summed E-state index contributed by atoms with van der Waals surface area (Å²) < 4.78 is 3.18. The van der Waals surface area contributed by atoms with Crippen LogP contribution in [0.5, 0.6) is 0 Å². The maximum Gasteiger partial charge on any atom is 0.137 e. The van der Waals surface area contributed by atoms with E-state index in [1.165, 1.54) is 5.39 Å². The van der Waals surface area contributed by atoms with Crippen LogP contribution in [-0.4, -0.2) is 9.38 Å². The maximum atomic E-state index is 5.71. The molecule has 3 aromatic rings. The number of halogens is 1. The lowest BCUT2D eigenvalue weighted by Crippen LogP contribution is -2.01. The number of benzene rings is 1. The fraction of sp³-hybridized carbons (Fsp3) is 0.0833. The van der Waals surface area contributed by atoms with Crippen molar-refractivity contribution in [2.45, 2.75) is 6.54 Å². The molecule has 0 aliphatic heterocycles. The Morgan fingerprint density at radius 2 is 2.12 bits per heavy atom. The van der Waals surface area contributed by atoms with Gasteiger partial charge in [0.1, 0.15) is 5.65 Å². The van der Waals surface area contributed by atoms with Crippen LogP contribution in [0.15, 0.2) is 41.0 Å². The summed E-state index contributed by atoms with van der Waals surface area (Å²) in [7, 11) is 0. The van der Waals surface area contributed by atoms with Crippen molar-refractivity contribution in [1.29, 1.82) is 0 Å². The molecule has 1 aromatic carbocycles. The van der Waals surface area contributed by atoms with Gasteiger partial charge in [-0.2, -0.15) is 0 Å².